The maximum atomic E-state index is 13.0. The molecule has 0 radical (unpaired) electrons. The summed E-state index contributed by atoms with van der Waals surface area (Å²) in [7, 11) is 3.71. The lowest BCUT2D eigenvalue weighted by molar-refractivity contribution is -0.135. The molecule has 3 aromatic rings. The van der Waals surface area contributed by atoms with Crippen LogP contribution in [0.5, 0.6) is 5.75 Å². The average Bonchev–Trinajstić information content (AvgIpc) is 3.16. The van der Waals surface area contributed by atoms with E-state index in [1.54, 1.807) is 14.1 Å². The van der Waals surface area contributed by atoms with Gasteiger partial charge in [0, 0.05) is 51.3 Å². The van der Waals surface area contributed by atoms with Crippen LogP contribution in [0.25, 0.3) is 0 Å². The Morgan fingerprint density at radius 3 is 2.72 bits per heavy atom. The molecule has 1 aliphatic rings. The molecular formula is C23H30N6O3. The van der Waals surface area contributed by atoms with E-state index in [-0.39, 0.29) is 17.5 Å². The summed E-state index contributed by atoms with van der Waals surface area (Å²) >= 11 is 0. The maximum Gasteiger partial charge on any atom is 0.346 e. The minimum Gasteiger partial charge on any atom is -0.492 e. The van der Waals surface area contributed by atoms with Gasteiger partial charge in [-0.3, -0.25) is 14.0 Å². The molecule has 0 saturated heterocycles. The van der Waals surface area contributed by atoms with Gasteiger partial charge in [0.05, 0.1) is 12.2 Å². The normalized spacial score (nSPS) is 15.8. The lowest BCUT2D eigenvalue weighted by Gasteiger charge is -2.22. The van der Waals surface area contributed by atoms with Gasteiger partial charge in [0.2, 0.25) is 5.91 Å². The number of para-hydroxylation sites is 1. The second-order valence-electron chi connectivity index (χ2n) is 8.37. The molecule has 3 heterocycles. The van der Waals surface area contributed by atoms with Crippen molar-refractivity contribution >= 4 is 5.91 Å². The van der Waals surface area contributed by atoms with Crippen molar-refractivity contribution in [1.29, 1.82) is 0 Å². The second-order valence-corrected chi connectivity index (χ2v) is 8.37. The minimum atomic E-state index is -0.135. The number of carbonyl (C=O) groups is 1. The SMILES string of the molecule is Cc1nn(C)cc1CN(C)C(=O)C1CCc2nn(CCOc3ccccc3)c(=O)n2CC1. The van der Waals surface area contributed by atoms with Crippen molar-refractivity contribution < 1.29 is 9.53 Å². The third-order valence-corrected chi connectivity index (χ3v) is 5.98. The van der Waals surface area contributed by atoms with Crippen molar-refractivity contribution in [3.63, 3.8) is 0 Å². The molecule has 0 N–H and O–H groups in total. The Kier molecular flexibility index (Phi) is 6.43. The van der Waals surface area contributed by atoms with E-state index in [9.17, 15) is 9.59 Å². The Balaban J connectivity index is 1.34. The molecule has 32 heavy (non-hydrogen) atoms. The Morgan fingerprint density at radius 2 is 2.00 bits per heavy atom. The molecule has 2 aromatic heterocycles. The number of rotatable bonds is 7. The first-order valence-corrected chi connectivity index (χ1v) is 11.0. The summed E-state index contributed by atoms with van der Waals surface area (Å²) in [6, 6.07) is 9.52. The molecular weight excluding hydrogens is 408 g/mol. The van der Waals surface area contributed by atoms with Crippen molar-refractivity contribution in [3.8, 4) is 5.75 Å². The van der Waals surface area contributed by atoms with Crippen LogP contribution in [0.4, 0.5) is 0 Å². The van der Waals surface area contributed by atoms with E-state index in [2.05, 4.69) is 10.2 Å². The van der Waals surface area contributed by atoms with E-state index in [0.29, 0.717) is 45.5 Å². The first-order chi connectivity index (χ1) is 15.4. The first kappa shape index (κ1) is 21.9. The van der Waals surface area contributed by atoms with Crippen molar-refractivity contribution in [2.75, 3.05) is 13.7 Å². The van der Waals surface area contributed by atoms with Crippen molar-refractivity contribution in [3.05, 3.63) is 64.1 Å². The molecule has 1 aromatic carbocycles. The van der Waals surface area contributed by atoms with Gasteiger partial charge < -0.3 is 9.64 Å². The molecule has 1 amide bonds. The fraction of sp³-hybridized carbons (Fsp3) is 0.478. The largest absolute Gasteiger partial charge is 0.492 e. The van der Waals surface area contributed by atoms with Crippen LogP contribution < -0.4 is 10.4 Å². The molecule has 0 spiro atoms. The number of ether oxygens (including phenoxy) is 1. The van der Waals surface area contributed by atoms with Gasteiger partial charge in [0.25, 0.3) is 0 Å². The van der Waals surface area contributed by atoms with Crippen molar-refractivity contribution in [2.45, 2.75) is 45.8 Å². The fourth-order valence-electron chi connectivity index (χ4n) is 4.24. The summed E-state index contributed by atoms with van der Waals surface area (Å²) < 4.78 is 10.6. The highest BCUT2D eigenvalue weighted by Crippen LogP contribution is 2.21. The lowest BCUT2D eigenvalue weighted by Crippen LogP contribution is -2.33. The Hall–Kier alpha value is -3.36. The zero-order valence-corrected chi connectivity index (χ0v) is 18.9. The quantitative estimate of drug-likeness (QED) is 0.561. The molecule has 1 aliphatic heterocycles. The summed E-state index contributed by atoms with van der Waals surface area (Å²) in [5.74, 6) is 1.51. The first-order valence-electron chi connectivity index (χ1n) is 11.0. The number of aromatic nitrogens is 5. The van der Waals surface area contributed by atoms with E-state index in [0.717, 1.165) is 22.8 Å². The molecule has 0 fully saturated rings. The summed E-state index contributed by atoms with van der Waals surface area (Å²) in [4.78, 5) is 27.6. The molecule has 170 valence electrons. The van der Waals surface area contributed by atoms with Crippen LogP contribution in [0, 0.1) is 12.8 Å². The fourth-order valence-corrected chi connectivity index (χ4v) is 4.24. The third-order valence-electron chi connectivity index (χ3n) is 5.98. The van der Waals surface area contributed by atoms with Crippen molar-refractivity contribution in [2.24, 2.45) is 13.0 Å². The van der Waals surface area contributed by atoms with Gasteiger partial charge >= 0.3 is 5.69 Å². The van der Waals surface area contributed by atoms with Gasteiger partial charge in [-0.05, 0) is 31.9 Å². The van der Waals surface area contributed by atoms with Gasteiger partial charge in [-0.1, -0.05) is 18.2 Å². The van der Waals surface area contributed by atoms with E-state index < -0.39 is 0 Å². The summed E-state index contributed by atoms with van der Waals surface area (Å²) in [5, 5.41) is 8.86. The third kappa shape index (κ3) is 4.76. The molecule has 9 nitrogen and oxygen atoms in total. The van der Waals surface area contributed by atoms with Crippen LogP contribution in [-0.2, 0) is 37.9 Å². The lowest BCUT2D eigenvalue weighted by atomic mass is 9.98. The maximum absolute atomic E-state index is 13.0. The summed E-state index contributed by atoms with van der Waals surface area (Å²) in [6.45, 7) is 3.76. The van der Waals surface area contributed by atoms with Gasteiger partial charge in [-0.15, -0.1) is 0 Å². The number of aryl methyl sites for hydroxylation is 3. The van der Waals surface area contributed by atoms with E-state index in [1.807, 2.05) is 57.5 Å². The Bertz CT molecular complexity index is 1130. The molecule has 0 saturated carbocycles. The highest BCUT2D eigenvalue weighted by molar-refractivity contribution is 5.78. The molecule has 9 heteroatoms. The Morgan fingerprint density at radius 1 is 1.22 bits per heavy atom. The predicted octanol–water partition coefficient (Wildman–Crippen LogP) is 1.78. The smallest absolute Gasteiger partial charge is 0.346 e. The van der Waals surface area contributed by atoms with Crippen LogP contribution in [0.3, 0.4) is 0 Å². The zero-order chi connectivity index (χ0) is 22.7. The summed E-state index contributed by atoms with van der Waals surface area (Å²) in [6.07, 6.45) is 3.88. The van der Waals surface area contributed by atoms with Crippen LogP contribution in [0.1, 0.15) is 29.9 Å². The van der Waals surface area contributed by atoms with Crippen molar-refractivity contribution in [1.82, 2.24) is 29.0 Å². The molecule has 0 bridgehead atoms. The topological polar surface area (TPSA) is 87.2 Å². The number of hydrogen-bond donors (Lipinski definition) is 0. The summed E-state index contributed by atoms with van der Waals surface area (Å²) in [5.41, 5.74) is 1.85. The molecule has 4 rings (SSSR count). The van der Waals surface area contributed by atoms with Gasteiger partial charge in [-0.2, -0.15) is 10.2 Å². The predicted molar refractivity (Wildman–Crippen MR) is 119 cm³/mol. The van der Waals surface area contributed by atoms with Crippen LogP contribution >= 0.6 is 0 Å². The van der Waals surface area contributed by atoms with E-state index in [4.69, 9.17) is 4.74 Å². The number of nitrogens with zero attached hydrogens (tertiary/aromatic N) is 6. The standard InChI is InChI=1S/C23H30N6O3/c1-17-19(16-27(3)24-17)15-26(2)22(30)18-9-10-21-25-29(23(31)28(21)12-11-18)13-14-32-20-7-5-4-6-8-20/h4-8,16,18H,9-15H2,1-3H3. The molecule has 1 unspecified atom stereocenters. The van der Waals surface area contributed by atoms with Crippen LogP contribution in [0.15, 0.2) is 41.3 Å². The zero-order valence-electron chi connectivity index (χ0n) is 18.9. The van der Waals surface area contributed by atoms with Gasteiger partial charge in [0.15, 0.2) is 0 Å². The van der Waals surface area contributed by atoms with Gasteiger partial charge in [0.1, 0.15) is 18.2 Å². The number of benzene rings is 1. The van der Waals surface area contributed by atoms with Gasteiger partial charge in [-0.25, -0.2) is 9.48 Å². The van der Waals surface area contributed by atoms with E-state index in [1.165, 1.54) is 4.68 Å². The molecule has 1 atom stereocenters. The van der Waals surface area contributed by atoms with Crippen LogP contribution in [0.2, 0.25) is 0 Å². The highest BCUT2D eigenvalue weighted by atomic mass is 16.5. The van der Waals surface area contributed by atoms with Crippen LogP contribution in [-0.4, -0.2) is 48.6 Å². The monoisotopic (exact) mass is 438 g/mol. The number of amides is 1. The highest BCUT2D eigenvalue weighted by Gasteiger charge is 2.27. The molecule has 0 aliphatic carbocycles. The number of fused-ring (bicyclic) bond motifs is 1. The van der Waals surface area contributed by atoms with E-state index >= 15 is 0 Å². The number of carbonyl (C=O) groups excluding carboxylic acids is 1. The minimum absolute atomic E-state index is 0.107. The second kappa shape index (κ2) is 9.42. The number of hydrogen-bond acceptors (Lipinski definition) is 5. The Labute approximate surface area is 187 Å². The average molecular weight is 439 g/mol.